The van der Waals surface area contributed by atoms with Crippen molar-refractivity contribution in [3.8, 4) is 0 Å². The molecule has 7 heteroatoms. The van der Waals surface area contributed by atoms with E-state index in [4.69, 9.17) is 0 Å². The molecule has 4 nitrogen and oxygen atoms in total. The fourth-order valence-electron chi connectivity index (χ4n) is 0.0146. The van der Waals surface area contributed by atoms with Crippen molar-refractivity contribution in [2.24, 2.45) is 0 Å². The molecule has 0 radical (unpaired) electrons. The molecule has 0 aromatic carbocycles. The number of hydrogen-bond acceptors (Lipinski definition) is 2. The second kappa shape index (κ2) is 2.15. The van der Waals surface area contributed by atoms with Gasteiger partial charge in [0, 0.05) is 0 Å². The minimum absolute atomic E-state index is 0.177. The van der Waals surface area contributed by atoms with Crippen LogP contribution in [-0.4, -0.2) is 8.42 Å². The molecule has 0 fully saturated rings. The maximum absolute atomic E-state index is 10.6. The molecular weight excluding hydrogens is 130 g/mol. The van der Waals surface area contributed by atoms with Gasteiger partial charge >= 0.3 is 10.2 Å². The molecule has 0 saturated heterocycles. The van der Waals surface area contributed by atoms with E-state index < -0.39 is 10.2 Å². The van der Waals surface area contributed by atoms with Gasteiger partial charge in [-0.05, 0) is 9.89 Å². The predicted octanol–water partition coefficient (Wildman–Crippen LogP) is -0.821. The number of halogens is 2. The summed E-state index contributed by atoms with van der Waals surface area (Å²) in [5.41, 5.74) is 0. The monoisotopic (exact) mass is 132 g/mol. The fourth-order valence-corrected chi connectivity index (χ4v) is 0.0437. The van der Waals surface area contributed by atoms with Gasteiger partial charge in [-0.25, -0.2) is 0 Å². The Morgan fingerprint density at radius 2 is 1.43 bits per heavy atom. The highest BCUT2D eigenvalue weighted by Crippen LogP contribution is 1.71. The molecule has 44 valence electrons. The van der Waals surface area contributed by atoms with Crippen LogP contribution in [0.1, 0.15) is 0 Å². The summed E-state index contributed by atoms with van der Waals surface area (Å²) in [7, 11) is -4.49. The van der Waals surface area contributed by atoms with Crippen LogP contribution in [0.15, 0.2) is 0 Å². The molecule has 0 aliphatic rings. The minimum atomic E-state index is -4.49. The lowest BCUT2D eigenvalue weighted by atomic mass is 13.7. The summed E-state index contributed by atoms with van der Waals surface area (Å²) < 4.78 is 40.1. The number of nitrogens with one attached hydrogen (secondary N) is 2. The van der Waals surface area contributed by atoms with Crippen molar-refractivity contribution in [1.29, 1.82) is 0 Å². The standard InChI is InChI=1S/F2H2N2O2S/c1-3-7(5,6)4-2/h3-4H. The van der Waals surface area contributed by atoms with E-state index >= 15 is 0 Å². The first kappa shape index (κ1) is 6.73. The lowest BCUT2D eigenvalue weighted by molar-refractivity contribution is 0.372. The second-order valence-electron chi connectivity index (χ2n) is 0.658. The Morgan fingerprint density at radius 3 is 1.43 bits per heavy atom. The van der Waals surface area contributed by atoms with E-state index in [2.05, 4.69) is 0 Å². The number of rotatable bonds is 2. The molecule has 0 unspecified atom stereocenters. The van der Waals surface area contributed by atoms with Gasteiger partial charge in [0.15, 0.2) is 0 Å². The van der Waals surface area contributed by atoms with Crippen molar-refractivity contribution in [3.05, 3.63) is 0 Å². The molecule has 0 aliphatic carbocycles. The molecule has 0 spiro atoms. The van der Waals surface area contributed by atoms with Crippen molar-refractivity contribution >= 4 is 10.2 Å². The zero-order valence-corrected chi connectivity index (χ0v) is 3.80. The molecule has 0 atom stereocenters. The molecular formula is H2F2N2O2S. The van der Waals surface area contributed by atoms with Crippen molar-refractivity contribution in [2.75, 3.05) is 0 Å². The first-order valence-electron chi connectivity index (χ1n) is 1.12. The maximum atomic E-state index is 10.6. The largest absolute Gasteiger partial charge is 0.329 e. The molecule has 0 aliphatic heterocycles. The van der Waals surface area contributed by atoms with Crippen LogP contribution in [0.4, 0.5) is 8.96 Å². The van der Waals surface area contributed by atoms with Crippen LogP contribution in [0.25, 0.3) is 0 Å². The van der Waals surface area contributed by atoms with Gasteiger partial charge in [0.1, 0.15) is 0 Å². The van der Waals surface area contributed by atoms with Crippen LogP contribution >= 0.6 is 0 Å². The van der Waals surface area contributed by atoms with Gasteiger partial charge in [-0.3, -0.25) is 0 Å². The fraction of sp³-hybridized carbons (Fsp3) is 0. The third kappa shape index (κ3) is 2.43. The smallest absolute Gasteiger partial charge is 0.190 e. The molecule has 7 heavy (non-hydrogen) atoms. The van der Waals surface area contributed by atoms with Gasteiger partial charge in [0.2, 0.25) is 0 Å². The lowest BCUT2D eigenvalue weighted by Gasteiger charge is -1.86. The third-order valence-corrected chi connectivity index (χ3v) is 0.609. The Morgan fingerprint density at radius 1 is 1.14 bits per heavy atom. The summed E-state index contributed by atoms with van der Waals surface area (Å²) in [5, 5.41) is 0. The van der Waals surface area contributed by atoms with E-state index in [1.54, 1.807) is 0 Å². The van der Waals surface area contributed by atoms with Crippen LogP contribution in [-0.2, 0) is 10.2 Å². The first-order valence-corrected chi connectivity index (χ1v) is 2.60. The van der Waals surface area contributed by atoms with E-state index in [1.807, 2.05) is 0 Å². The molecule has 2 N–H and O–H groups in total. The zero-order valence-electron chi connectivity index (χ0n) is 2.98. The highest BCUT2D eigenvalue weighted by atomic mass is 32.2. The highest BCUT2D eigenvalue weighted by molar-refractivity contribution is 7.87. The summed E-state index contributed by atoms with van der Waals surface area (Å²) in [4.78, 5) is 0.354. The summed E-state index contributed by atoms with van der Waals surface area (Å²) in [5.74, 6) is 0. The van der Waals surface area contributed by atoms with Gasteiger partial charge in [-0.2, -0.15) is 8.42 Å². The molecule has 0 saturated carbocycles. The average molecular weight is 132 g/mol. The van der Waals surface area contributed by atoms with Crippen molar-refractivity contribution in [2.45, 2.75) is 0 Å². The van der Waals surface area contributed by atoms with Crippen LogP contribution in [0, 0.1) is 0 Å². The van der Waals surface area contributed by atoms with E-state index in [-0.39, 0.29) is 9.89 Å². The van der Waals surface area contributed by atoms with Gasteiger partial charge in [-0.15, -0.1) is 8.96 Å². The van der Waals surface area contributed by atoms with E-state index in [0.29, 0.717) is 0 Å². The SMILES string of the molecule is O=S(=O)(NF)NF. The van der Waals surface area contributed by atoms with Gasteiger partial charge in [0.05, 0.1) is 0 Å². The molecule has 0 aromatic rings. The summed E-state index contributed by atoms with van der Waals surface area (Å²) in [6, 6.07) is 0. The van der Waals surface area contributed by atoms with Crippen molar-refractivity contribution in [3.63, 3.8) is 0 Å². The van der Waals surface area contributed by atoms with Crippen molar-refractivity contribution in [1.82, 2.24) is 9.89 Å². The number of hydrogen-bond donors (Lipinski definition) is 2. The van der Waals surface area contributed by atoms with Gasteiger partial charge in [0.25, 0.3) is 0 Å². The van der Waals surface area contributed by atoms with Crippen LogP contribution in [0.5, 0.6) is 0 Å². The van der Waals surface area contributed by atoms with Gasteiger partial charge < -0.3 is 0 Å². The minimum Gasteiger partial charge on any atom is -0.190 e. The van der Waals surface area contributed by atoms with Crippen LogP contribution in [0.3, 0.4) is 0 Å². The molecule has 0 bridgehead atoms. The normalized spacial score (nSPS) is 11.7. The molecule has 0 heterocycles. The first-order chi connectivity index (χ1) is 3.12. The van der Waals surface area contributed by atoms with Crippen LogP contribution in [0.2, 0.25) is 0 Å². The van der Waals surface area contributed by atoms with E-state index in [1.165, 1.54) is 0 Å². The maximum Gasteiger partial charge on any atom is 0.329 e. The van der Waals surface area contributed by atoms with E-state index in [9.17, 15) is 17.4 Å². The summed E-state index contributed by atoms with van der Waals surface area (Å²) in [6.45, 7) is 0. The second-order valence-corrected chi connectivity index (χ2v) is 1.97. The van der Waals surface area contributed by atoms with Crippen LogP contribution < -0.4 is 9.89 Å². The Hall–Kier alpha value is -0.270. The summed E-state index contributed by atoms with van der Waals surface area (Å²) in [6.07, 6.45) is 0. The third-order valence-electron chi connectivity index (χ3n) is 0.203. The topological polar surface area (TPSA) is 58.2 Å². The average Bonchev–Trinajstić information content (AvgIpc) is 1.68. The Labute approximate surface area is 38.6 Å². The quantitative estimate of drug-likeness (QED) is 0.482. The highest BCUT2D eigenvalue weighted by Gasteiger charge is 2.03. The molecule has 0 amide bonds. The zero-order chi connectivity index (χ0) is 5.91. The predicted molar refractivity (Wildman–Crippen MR) is 17.4 cm³/mol. The Bertz CT molecular complexity index is 117. The van der Waals surface area contributed by atoms with E-state index in [0.717, 1.165) is 0 Å². The molecule has 0 rings (SSSR count). The Kier molecular flexibility index (Phi) is 2.06. The van der Waals surface area contributed by atoms with Crippen molar-refractivity contribution < 1.29 is 17.4 Å². The molecule has 0 aromatic heterocycles. The Balaban J connectivity index is 3.89. The lowest BCUT2D eigenvalue weighted by Crippen LogP contribution is -2.25. The summed E-state index contributed by atoms with van der Waals surface area (Å²) >= 11 is 0. The van der Waals surface area contributed by atoms with Gasteiger partial charge in [-0.1, -0.05) is 0 Å².